The van der Waals surface area contributed by atoms with Gasteiger partial charge in [-0.25, -0.2) is 0 Å². The molecule has 0 amide bonds. The highest BCUT2D eigenvalue weighted by molar-refractivity contribution is 5.31. The first-order chi connectivity index (χ1) is 6.35. The lowest BCUT2D eigenvalue weighted by atomic mass is 10.1. The Morgan fingerprint density at radius 3 is 1.69 bits per heavy atom. The first kappa shape index (κ1) is 10.2. The normalized spacial score (nSPS) is 28.6. The predicted octanol–water partition coefficient (Wildman–Crippen LogP) is 2.72. The van der Waals surface area contributed by atoms with Crippen LogP contribution in [0.3, 0.4) is 0 Å². The minimum absolute atomic E-state index is 0.726. The first-order valence-electron chi connectivity index (χ1n) is 4.87. The van der Waals surface area contributed by atoms with E-state index in [0.29, 0.717) is 0 Å². The molecule has 2 atom stereocenters. The summed E-state index contributed by atoms with van der Waals surface area (Å²) in [6, 6.07) is 0. The third-order valence-corrected chi connectivity index (χ3v) is 2.30. The molecule has 0 radical (unpaired) electrons. The highest BCUT2D eigenvalue weighted by atomic mass is 16.5. The lowest BCUT2D eigenvalue weighted by molar-refractivity contribution is 0.215. The quantitative estimate of drug-likeness (QED) is 0.653. The van der Waals surface area contributed by atoms with Crippen LogP contribution >= 0.6 is 0 Å². The number of hydrogen-bond donors (Lipinski definition) is 0. The standard InChI is InChI=1S/C9H12O2.C2H6/c1-10-8-4-6-3-7(6)5-9(8)11-2;1-2/h4-7H,3H2,1-2H3;1-2H3. The zero-order chi connectivity index (χ0) is 9.84. The van der Waals surface area contributed by atoms with E-state index in [0.717, 1.165) is 23.4 Å². The molecule has 74 valence electrons. The predicted molar refractivity (Wildman–Crippen MR) is 53.1 cm³/mol. The summed E-state index contributed by atoms with van der Waals surface area (Å²) < 4.78 is 10.3. The van der Waals surface area contributed by atoms with Crippen molar-refractivity contribution in [1.82, 2.24) is 0 Å². The Bertz CT molecular complexity index is 204. The summed E-state index contributed by atoms with van der Waals surface area (Å²) in [4.78, 5) is 0. The van der Waals surface area contributed by atoms with E-state index in [2.05, 4.69) is 12.2 Å². The zero-order valence-electron chi connectivity index (χ0n) is 8.83. The third-order valence-electron chi connectivity index (χ3n) is 2.30. The largest absolute Gasteiger partial charge is 0.493 e. The van der Waals surface area contributed by atoms with Crippen molar-refractivity contribution < 1.29 is 9.47 Å². The lowest BCUT2D eigenvalue weighted by Gasteiger charge is -2.12. The Labute approximate surface area is 80.2 Å². The van der Waals surface area contributed by atoms with Gasteiger partial charge in [0.1, 0.15) is 0 Å². The second-order valence-corrected chi connectivity index (χ2v) is 3.03. The summed E-state index contributed by atoms with van der Waals surface area (Å²) in [5.41, 5.74) is 0. The summed E-state index contributed by atoms with van der Waals surface area (Å²) in [5, 5.41) is 0. The maximum Gasteiger partial charge on any atom is 0.156 e. The van der Waals surface area contributed by atoms with Crippen LogP contribution in [0.5, 0.6) is 0 Å². The second-order valence-electron chi connectivity index (χ2n) is 3.03. The average molecular weight is 182 g/mol. The summed E-state index contributed by atoms with van der Waals surface area (Å²) in [6.45, 7) is 4.00. The summed E-state index contributed by atoms with van der Waals surface area (Å²) in [6.07, 6.45) is 5.58. The molecule has 0 aromatic carbocycles. The van der Waals surface area contributed by atoms with E-state index in [1.165, 1.54) is 6.42 Å². The maximum absolute atomic E-state index is 5.16. The van der Waals surface area contributed by atoms with Crippen LogP contribution in [-0.2, 0) is 9.47 Å². The molecule has 13 heavy (non-hydrogen) atoms. The second kappa shape index (κ2) is 4.35. The van der Waals surface area contributed by atoms with Gasteiger partial charge in [-0.1, -0.05) is 13.8 Å². The van der Waals surface area contributed by atoms with Crippen molar-refractivity contribution in [3.05, 3.63) is 23.7 Å². The fraction of sp³-hybridized carbons (Fsp3) is 0.636. The molecule has 2 heteroatoms. The van der Waals surface area contributed by atoms with Crippen LogP contribution in [-0.4, -0.2) is 14.2 Å². The van der Waals surface area contributed by atoms with Crippen molar-refractivity contribution in [2.75, 3.05) is 14.2 Å². The van der Waals surface area contributed by atoms with Crippen LogP contribution in [0, 0.1) is 11.8 Å². The summed E-state index contributed by atoms with van der Waals surface area (Å²) in [5.74, 6) is 3.24. The van der Waals surface area contributed by atoms with Crippen molar-refractivity contribution in [2.24, 2.45) is 11.8 Å². The number of rotatable bonds is 2. The van der Waals surface area contributed by atoms with Crippen molar-refractivity contribution in [3.63, 3.8) is 0 Å². The van der Waals surface area contributed by atoms with Crippen molar-refractivity contribution in [3.8, 4) is 0 Å². The van der Waals surface area contributed by atoms with Crippen LogP contribution in [0.2, 0.25) is 0 Å². The van der Waals surface area contributed by atoms with E-state index in [-0.39, 0.29) is 0 Å². The molecule has 2 nitrogen and oxygen atoms in total. The lowest BCUT2D eigenvalue weighted by Crippen LogP contribution is -2.00. The molecule has 1 fully saturated rings. The molecule has 1 saturated carbocycles. The van der Waals surface area contributed by atoms with Crippen LogP contribution in [0.4, 0.5) is 0 Å². The molecule has 2 unspecified atom stereocenters. The molecular formula is C11H18O2. The fourth-order valence-corrected chi connectivity index (χ4v) is 1.51. The highest BCUT2D eigenvalue weighted by Gasteiger charge is 2.38. The van der Waals surface area contributed by atoms with Gasteiger partial charge in [0.25, 0.3) is 0 Å². The fourth-order valence-electron chi connectivity index (χ4n) is 1.51. The Morgan fingerprint density at radius 1 is 1.00 bits per heavy atom. The SMILES string of the molecule is CC.COC1=CC2CC2C=C1OC. The van der Waals surface area contributed by atoms with Gasteiger partial charge in [-0.3, -0.25) is 0 Å². The van der Waals surface area contributed by atoms with E-state index in [9.17, 15) is 0 Å². The van der Waals surface area contributed by atoms with Gasteiger partial charge < -0.3 is 9.47 Å². The van der Waals surface area contributed by atoms with E-state index in [4.69, 9.17) is 9.47 Å². The molecule has 0 N–H and O–H groups in total. The molecule has 0 aromatic heterocycles. The monoisotopic (exact) mass is 182 g/mol. The first-order valence-corrected chi connectivity index (χ1v) is 4.87. The molecule has 0 saturated heterocycles. The zero-order valence-corrected chi connectivity index (χ0v) is 8.83. The molecular weight excluding hydrogens is 164 g/mol. The third kappa shape index (κ3) is 2.06. The Balaban J connectivity index is 0.000000396. The van der Waals surface area contributed by atoms with E-state index in [1.54, 1.807) is 14.2 Å². The number of ether oxygens (including phenoxy) is 2. The van der Waals surface area contributed by atoms with Crippen LogP contribution < -0.4 is 0 Å². The minimum atomic E-state index is 0.726. The van der Waals surface area contributed by atoms with Crippen LogP contribution in [0.25, 0.3) is 0 Å². The van der Waals surface area contributed by atoms with Gasteiger partial charge >= 0.3 is 0 Å². The molecule has 2 aliphatic rings. The number of hydrogen-bond acceptors (Lipinski definition) is 2. The Hall–Kier alpha value is -0.920. The van der Waals surface area contributed by atoms with Crippen molar-refractivity contribution in [1.29, 1.82) is 0 Å². The van der Waals surface area contributed by atoms with Crippen molar-refractivity contribution in [2.45, 2.75) is 20.3 Å². The molecule has 0 bridgehead atoms. The topological polar surface area (TPSA) is 18.5 Å². The summed E-state index contributed by atoms with van der Waals surface area (Å²) >= 11 is 0. The van der Waals surface area contributed by atoms with E-state index < -0.39 is 0 Å². The van der Waals surface area contributed by atoms with Gasteiger partial charge in [0.2, 0.25) is 0 Å². The van der Waals surface area contributed by atoms with Gasteiger partial charge in [0.15, 0.2) is 11.5 Å². The van der Waals surface area contributed by atoms with Crippen LogP contribution in [0.1, 0.15) is 20.3 Å². The maximum atomic E-state index is 5.16. The van der Waals surface area contributed by atoms with E-state index >= 15 is 0 Å². The average Bonchev–Trinajstić information content (AvgIpc) is 2.96. The number of fused-ring (bicyclic) bond motifs is 1. The Kier molecular flexibility index (Phi) is 3.40. The summed E-state index contributed by atoms with van der Waals surface area (Å²) in [7, 11) is 3.36. The van der Waals surface area contributed by atoms with Gasteiger partial charge in [0.05, 0.1) is 14.2 Å². The minimum Gasteiger partial charge on any atom is -0.493 e. The van der Waals surface area contributed by atoms with Gasteiger partial charge in [-0.15, -0.1) is 0 Å². The molecule has 2 rings (SSSR count). The Morgan fingerprint density at radius 2 is 1.38 bits per heavy atom. The molecule has 0 aliphatic heterocycles. The number of allylic oxidation sites excluding steroid dienone is 2. The van der Waals surface area contributed by atoms with Gasteiger partial charge in [-0.2, -0.15) is 0 Å². The highest BCUT2D eigenvalue weighted by Crippen LogP contribution is 2.46. The molecule has 0 aromatic rings. The molecule has 0 spiro atoms. The van der Waals surface area contributed by atoms with E-state index in [1.807, 2.05) is 13.8 Å². The van der Waals surface area contributed by atoms with Crippen LogP contribution in [0.15, 0.2) is 23.7 Å². The van der Waals surface area contributed by atoms with Crippen molar-refractivity contribution >= 4 is 0 Å². The number of methoxy groups -OCH3 is 2. The van der Waals surface area contributed by atoms with Gasteiger partial charge in [0, 0.05) is 0 Å². The smallest absolute Gasteiger partial charge is 0.156 e. The molecule has 2 aliphatic carbocycles. The van der Waals surface area contributed by atoms with Gasteiger partial charge in [-0.05, 0) is 30.4 Å². The molecule has 0 heterocycles.